The molecule has 0 unspecified atom stereocenters. The van der Waals surface area contributed by atoms with Gasteiger partial charge in [0.1, 0.15) is 16.8 Å². The molecule has 0 saturated heterocycles. The fraction of sp³-hybridized carbons (Fsp3) is 0.545. The van der Waals surface area contributed by atoms with E-state index in [2.05, 4.69) is 20.9 Å². The Labute approximate surface area is 99.9 Å². The molecule has 84 valence electrons. The maximum Gasteiger partial charge on any atom is 0.134 e. The molecule has 0 amide bonds. The van der Waals surface area contributed by atoms with Crippen LogP contribution >= 0.6 is 11.6 Å². The minimum atomic E-state index is 0.463. The van der Waals surface area contributed by atoms with Crippen LogP contribution in [0, 0.1) is 18.3 Å². The summed E-state index contributed by atoms with van der Waals surface area (Å²) in [6.07, 6.45) is 2.86. The lowest BCUT2D eigenvalue weighted by atomic mass is 10.3. The fourth-order valence-electron chi connectivity index (χ4n) is 1.70. The Kier molecular flexibility index (Phi) is 3.25. The molecular formula is C11H13ClN4. The van der Waals surface area contributed by atoms with Crippen molar-refractivity contribution in [3.8, 4) is 6.07 Å². The molecule has 1 fully saturated rings. The van der Waals surface area contributed by atoms with Gasteiger partial charge in [0.2, 0.25) is 0 Å². The molecular weight excluding hydrogens is 224 g/mol. The summed E-state index contributed by atoms with van der Waals surface area (Å²) in [5.41, 5.74) is 0. The van der Waals surface area contributed by atoms with E-state index in [1.54, 1.807) is 6.07 Å². The molecule has 1 aromatic heterocycles. The van der Waals surface area contributed by atoms with Crippen molar-refractivity contribution in [3.05, 3.63) is 17.0 Å². The first kappa shape index (κ1) is 11.2. The van der Waals surface area contributed by atoms with Crippen molar-refractivity contribution < 1.29 is 0 Å². The number of halogens is 1. The van der Waals surface area contributed by atoms with Crippen molar-refractivity contribution in [3.63, 3.8) is 0 Å². The summed E-state index contributed by atoms with van der Waals surface area (Å²) in [7, 11) is 0. The second-order valence-corrected chi connectivity index (χ2v) is 4.32. The lowest BCUT2D eigenvalue weighted by Crippen LogP contribution is -2.27. The summed E-state index contributed by atoms with van der Waals surface area (Å²) in [6, 6.07) is 4.46. The second kappa shape index (κ2) is 4.67. The van der Waals surface area contributed by atoms with Crippen molar-refractivity contribution >= 4 is 17.4 Å². The van der Waals surface area contributed by atoms with Gasteiger partial charge in [0.15, 0.2) is 0 Å². The molecule has 0 spiro atoms. The molecule has 0 aliphatic heterocycles. The van der Waals surface area contributed by atoms with E-state index in [0.717, 1.165) is 5.82 Å². The summed E-state index contributed by atoms with van der Waals surface area (Å²) in [5, 5.41) is 9.10. The van der Waals surface area contributed by atoms with E-state index in [1.165, 1.54) is 12.8 Å². The number of aryl methyl sites for hydroxylation is 1. The quantitative estimate of drug-likeness (QED) is 0.753. The average Bonchev–Trinajstić information content (AvgIpc) is 3.01. The monoisotopic (exact) mass is 236 g/mol. The highest BCUT2D eigenvalue weighted by Crippen LogP contribution is 2.31. The van der Waals surface area contributed by atoms with E-state index in [1.807, 2.05) is 6.92 Å². The number of nitrogens with zero attached hydrogens (tertiary/aromatic N) is 4. The topological polar surface area (TPSA) is 52.8 Å². The molecule has 1 aromatic rings. The summed E-state index contributed by atoms with van der Waals surface area (Å²) in [6.45, 7) is 2.54. The van der Waals surface area contributed by atoms with Crippen LogP contribution in [0.25, 0.3) is 0 Å². The highest BCUT2D eigenvalue weighted by molar-refractivity contribution is 6.29. The van der Waals surface area contributed by atoms with Gasteiger partial charge < -0.3 is 4.90 Å². The third kappa shape index (κ3) is 2.61. The van der Waals surface area contributed by atoms with Gasteiger partial charge >= 0.3 is 0 Å². The lowest BCUT2D eigenvalue weighted by Gasteiger charge is -2.22. The number of rotatable bonds is 4. The maximum absolute atomic E-state index is 8.64. The first-order valence-electron chi connectivity index (χ1n) is 5.35. The highest BCUT2D eigenvalue weighted by atomic mass is 35.5. The zero-order valence-electron chi connectivity index (χ0n) is 9.15. The molecule has 1 aliphatic rings. The SMILES string of the molecule is Cc1nc(Cl)cc(N(CCC#N)C2CC2)n1. The van der Waals surface area contributed by atoms with Gasteiger partial charge in [-0.2, -0.15) is 5.26 Å². The summed E-state index contributed by atoms with van der Waals surface area (Å²) in [5.74, 6) is 1.51. The molecule has 2 rings (SSSR count). The Hall–Kier alpha value is -1.34. The molecule has 0 bridgehead atoms. The molecule has 1 saturated carbocycles. The first-order chi connectivity index (χ1) is 7.70. The Morgan fingerprint density at radius 1 is 1.56 bits per heavy atom. The van der Waals surface area contributed by atoms with Crippen LogP contribution in [0.15, 0.2) is 6.07 Å². The van der Waals surface area contributed by atoms with E-state index < -0.39 is 0 Å². The average molecular weight is 237 g/mol. The Balaban J connectivity index is 2.20. The van der Waals surface area contributed by atoms with Crippen LogP contribution in [0.1, 0.15) is 25.1 Å². The van der Waals surface area contributed by atoms with Gasteiger partial charge in [-0.25, -0.2) is 9.97 Å². The minimum Gasteiger partial charge on any atom is -0.352 e. The van der Waals surface area contributed by atoms with E-state index >= 15 is 0 Å². The predicted octanol–water partition coefficient (Wildman–Crippen LogP) is 2.32. The normalized spacial score (nSPS) is 14.6. The maximum atomic E-state index is 8.64. The summed E-state index contributed by atoms with van der Waals surface area (Å²) in [4.78, 5) is 10.6. The number of hydrogen-bond donors (Lipinski definition) is 0. The van der Waals surface area contributed by atoms with Crippen LogP contribution in [-0.4, -0.2) is 22.6 Å². The van der Waals surface area contributed by atoms with E-state index in [-0.39, 0.29) is 0 Å². The van der Waals surface area contributed by atoms with Crippen LogP contribution in [0.5, 0.6) is 0 Å². The van der Waals surface area contributed by atoms with Gasteiger partial charge in [0.25, 0.3) is 0 Å². The van der Waals surface area contributed by atoms with Gasteiger partial charge in [0.05, 0.1) is 12.5 Å². The van der Waals surface area contributed by atoms with Crippen molar-refractivity contribution in [2.45, 2.75) is 32.2 Å². The third-order valence-electron chi connectivity index (χ3n) is 2.54. The molecule has 0 aromatic carbocycles. The van der Waals surface area contributed by atoms with Gasteiger partial charge in [-0.1, -0.05) is 11.6 Å². The Bertz CT molecular complexity index is 402. The van der Waals surface area contributed by atoms with Gasteiger partial charge in [0, 0.05) is 18.7 Å². The largest absolute Gasteiger partial charge is 0.352 e. The van der Waals surface area contributed by atoms with Gasteiger partial charge in [-0.05, 0) is 19.8 Å². The van der Waals surface area contributed by atoms with Crippen LogP contribution in [0.3, 0.4) is 0 Å². The van der Waals surface area contributed by atoms with Crippen LogP contribution < -0.4 is 4.90 Å². The number of nitriles is 1. The number of aromatic nitrogens is 2. The summed E-state index contributed by atoms with van der Waals surface area (Å²) < 4.78 is 0. The molecule has 1 aliphatic carbocycles. The van der Waals surface area contributed by atoms with Crippen molar-refractivity contribution in [2.24, 2.45) is 0 Å². The van der Waals surface area contributed by atoms with Crippen LogP contribution in [0.2, 0.25) is 5.15 Å². The zero-order chi connectivity index (χ0) is 11.5. The van der Waals surface area contributed by atoms with Gasteiger partial charge in [-0.15, -0.1) is 0 Å². The Morgan fingerprint density at radius 2 is 2.31 bits per heavy atom. The third-order valence-corrected chi connectivity index (χ3v) is 2.73. The number of anilines is 1. The van der Waals surface area contributed by atoms with Crippen molar-refractivity contribution in [1.82, 2.24) is 9.97 Å². The van der Waals surface area contributed by atoms with E-state index in [9.17, 15) is 0 Å². The van der Waals surface area contributed by atoms with Crippen LogP contribution in [-0.2, 0) is 0 Å². The van der Waals surface area contributed by atoms with E-state index in [0.29, 0.717) is 30.0 Å². The Morgan fingerprint density at radius 3 is 2.88 bits per heavy atom. The van der Waals surface area contributed by atoms with Crippen molar-refractivity contribution in [2.75, 3.05) is 11.4 Å². The molecule has 16 heavy (non-hydrogen) atoms. The number of hydrogen-bond acceptors (Lipinski definition) is 4. The second-order valence-electron chi connectivity index (χ2n) is 3.93. The molecule has 0 radical (unpaired) electrons. The molecule has 5 heteroatoms. The van der Waals surface area contributed by atoms with E-state index in [4.69, 9.17) is 16.9 Å². The predicted molar refractivity (Wildman–Crippen MR) is 62.4 cm³/mol. The smallest absolute Gasteiger partial charge is 0.134 e. The molecule has 4 nitrogen and oxygen atoms in total. The molecule has 1 heterocycles. The highest BCUT2D eigenvalue weighted by Gasteiger charge is 2.29. The minimum absolute atomic E-state index is 0.463. The fourth-order valence-corrected chi connectivity index (χ4v) is 1.92. The molecule has 0 atom stereocenters. The van der Waals surface area contributed by atoms with Crippen LogP contribution in [0.4, 0.5) is 5.82 Å². The lowest BCUT2D eigenvalue weighted by molar-refractivity contribution is 0.771. The standard InChI is InChI=1S/C11H13ClN4/c1-8-14-10(12)7-11(15-8)16(6-2-5-13)9-3-4-9/h7,9H,2-4,6H2,1H3. The zero-order valence-corrected chi connectivity index (χ0v) is 9.91. The summed E-state index contributed by atoms with van der Waals surface area (Å²) >= 11 is 5.91. The van der Waals surface area contributed by atoms with Crippen molar-refractivity contribution in [1.29, 1.82) is 5.26 Å². The first-order valence-corrected chi connectivity index (χ1v) is 5.73. The van der Waals surface area contributed by atoms with Gasteiger partial charge in [-0.3, -0.25) is 0 Å². The molecule has 0 N–H and O–H groups in total.